The molecule has 27 heavy (non-hydrogen) atoms. The summed E-state index contributed by atoms with van der Waals surface area (Å²) >= 11 is 0. The number of nitrogens with zero attached hydrogens (tertiary/aromatic N) is 7. The van der Waals surface area contributed by atoms with E-state index in [1.165, 1.54) is 6.33 Å². The zero-order chi connectivity index (χ0) is 18.8. The Bertz CT molecular complexity index is 1140. The highest BCUT2D eigenvalue weighted by Crippen LogP contribution is 2.27. The van der Waals surface area contributed by atoms with Gasteiger partial charge in [-0.15, -0.1) is 0 Å². The van der Waals surface area contributed by atoms with E-state index in [9.17, 15) is 5.26 Å². The van der Waals surface area contributed by atoms with Crippen LogP contribution in [0.3, 0.4) is 0 Å². The molecule has 0 unspecified atom stereocenters. The van der Waals surface area contributed by atoms with Crippen LogP contribution in [0.15, 0.2) is 49.2 Å². The van der Waals surface area contributed by atoms with Crippen molar-refractivity contribution < 1.29 is 0 Å². The molecule has 0 fully saturated rings. The molecule has 4 aromatic heterocycles. The molecule has 0 amide bonds. The van der Waals surface area contributed by atoms with Gasteiger partial charge in [-0.05, 0) is 31.2 Å². The van der Waals surface area contributed by atoms with Gasteiger partial charge in [0.15, 0.2) is 5.65 Å². The lowest BCUT2D eigenvalue weighted by atomic mass is 10.2. The number of anilines is 2. The van der Waals surface area contributed by atoms with Crippen LogP contribution in [-0.2, 0) is 0 Å². The van der Waals surface area contributed by atoms with Gasteiger partial charge in [-0.3, -0.25) is 9.55 Å². The highest BCUT2D eigenvalue weighted by Gasteiger charge is 2.20. The average molecular weight is 357 g/mol. The molecule has 0 aliphatic heterocycles. The van der Waals surface area contributed by atoms with Crippen molar-refractivity contribution in [3.05, 3.63) is 60.6 Å². The lowest BCUT2D eigenvalue weighted by molar-refractivity contribution is 0.764. The van der Waals surface area contributed by atoms with Crippen LogP contribution < -0.4 is 11.1 Å². The predicted octanol–water partition coefficient (Wildman–Crippen LogP) is 2.23. The number of pyridine rings is 2. The minimum Gasteiger partial charge on any atom is -0.382 e. The lowest BCUT2D eigenvalue weighted by Crippen LogP contribution is -2.15. The van der Waals surface area contributed by atoms with Gasteiger partial charge in [0.2, 0.25) is 0 Å². The smallest absolute Gasteiger partial charge is 0.164 e. The molecule has 0 aliphatic carbocycles. The third kappa shape index (κ3) is 2.89. The van der Waals surface area contributed by atoms with E-state index < -0.39 is 0 Å². The van der Waals surface area contributed by atoms with Crippen LogP contribution in [0.1, 0.15) is 24.4 Å². The van der Waals surface area contributed by atoms with E-state index >= 15 is 0 Å². The Morgan fingerprint density at radius 1 is 1.19 bits per heavy atom. The fourth-order valence-electron chi connectivity index (χ4n) is 2.85. The highest BCUT2D eigenvalue weighted by atomic mass is 15.2. The Hall–Kier alpha value is -4.06. The molecule has 132 valence electrons. The summed E-state index contributed by atoms with van der Waals surface area (Å²) in [5.74, 6) is 1.19. The number of rotatable bonds is 4. The number of nitrogens with one attached hydrogen (secondary N) is 1. The third-order valence-corrected chi connectivity index (χ3v) is 4.08. The SMILES string of the molecule is C[C@H](Nc1ncnc(N)c1C#N)c1nc2cccnc2n1-c1cccnc1. The van der Waals surface area contributed by atoms with Gasteiger partial charge in [-0.2, -0.15) is 5.26 Å². The van der Waals surface area contributed by atoms with E-state index in [1.54, 1.807) is 18.6 Å². The number of imidazole rings is 1. The molecule has 3 N–H and O–H groups in total. The molecule has 0 aliphatic rings. The fraction of sp³-hybridized carbons (Fsp3) is 0.111. The van der Waals surface area contributed by atoms with Gasteiger partial charge in [0.1, 0.15) is 40.9 Å². The van der Waals surface area contributed by atoms with Crippen molar-refractivity contribution in [2.45, 2.75) is 13.0 Å². The molecule has 0 radical (unpaired) electrons. The molecular formula is C18H15N9. The van der Waals surface area contributed by atoms with Gasteiger partial charge in [0.05, 0.1) is 17.9 Å². The van der Waals surface area contributed by atoms with Crippen molar-refractivity contribution in [2.75, 3.05) is 11.1 Å². The molecule has 0 saturated carbocycles. The molecule has 0 saturated heterocycles. The van der Waals surface area contributed by atoms with Crippen LogP contribution >= 0.6 is 0 Å². The Labute approximate surface area is 154 Å². The first-order chi connectivity index (χ1) is 13.2. The Balaban J connectivity index is 1.82. The van der Waals surface area contributed by atoms with Crippen molar-refractivity contribution in [3.63, 3.8) is 0 Å². The largest absolute Gasteiger partial charge is 0.382 e. The summed E-state index contributed by atoms with van der Waals surface area (Å²) in [7, 11) is 0. The van der Waals surface area contributed by atoms with E-state index in [2.05, 4.69) is 25.3 Å². The van der Waals surface area contributed by atoms with Crippen molar-refractivity contribution in [2.24, 2.45) is 0 Å². The fourth-order valence-corrected chi connectivity index (χ4v) is 2.85. The van der Waals surface area contributed by atoms with Gasteiger partial charge in [-0.1, -0.05) is 0 Å². The van der Waals surface area contributed by atoms with Crippen LogP contribution in [0.4, 0.5) is 11.6 Å². The van der Waals surface area contributed by atoms with E-state index in [0.29, 0.717) is 11.6 Å². The van der Waals surface area contributed by atoms with E-state index in [4.69, 9.17) is 10.7 Å². The monoisotopic (exact) mass is 357 g/mol. The topological polar surface area (TPSA) is 131 Å². The molecule has 9 nitrogen and oxygen atoms in total. The normalized spacial score (nSPS) is 11.9. The second-order valence-corrected chi connectivity index (χ2v) is 5.82. The number of nitrogen functional groups attached to an aromatic ring is 1. The number of aromatic nitrogens is 6. The maximum Gasteiger partial charge on any atom is 0.164 e. The molecule has 4 heterocycles. The summed E-state index contributed by atoms with van der Waals surface area (Å²) in [5, 5.41) is 12.5. The van der Waals surface area contributed by atoms with Gasteiger partial charge in [0, 0.05) is 12.4 Å². The first kappa shape index (κ1) is 16.4. The van der Waals surface area contributed by atoms with Crippen molar-refractivity contribution in [3.8, 4) is 11.8 Å². The van der Waals surface area contributed by atoms with Crippen molar-refractivity contribution >= 4 is 22.8 Å². The number of nitriles is 1. The van der Waals surface area contributed by atoms with Crippen LogP contribution in [-0.4, -0.2) is 29.5 Å². The predicted molar refractivity (Wildman–Crippen MR) is 99.9 cm³/mol. The maximum absolute atomic E-state index is 9.34. The number of nitrogens with two attached hydrogens (primary N) is 1. The Morgan fingerprint density at radius 2 is 2.04 bits per heavy atom. The van der Waals surface area contributed by atoms with Crippen LogP contribution in [0.5, 0.6) is 0 Å². The quantitative estimate of drug-likeness (QED) is 0.568. The second-order valence-electron chi connectivity index (χ2n) is 5.82. The number of hydrogen-bond acceptors (Lipinski definition) is 8. The summed E-state index contributed by atoms with van der Waals surface area (Å²) in [5.41, 5.74) is 8.29. The standard InChI is InChI=1S/C18H15N9/c1-11(25-16-13(8-19)15(20)23-10-24-16)17-26-14-5-3-7-22-18(14)27(17)12-4-2-6-21-9-12/h2-7,9-11H,1H3,(H3,20,23,24,25)/t11-/m0/s1. The summed E-state index contributed by atoms with van der Waals surface area (Å²) in [6, 6.07) is 9.26. The lowest BCUT2D eigenvalue weighted by Gasteiger charge is -2.17. The number of hydrogen-bond donors (Lipinski definition) is 2. The molecular weight excluding hydrogens is 342 g/mol. The molecule has 1 atom stereocenters. The molecule has 0 spiro atoms. The molecule has 9 heteroatoms. The summed E-state index contributed by atoms with van der Waals surface area (Å²) in [6.45, 7) is 1.92. The molecule has 0 aromatic carbocycles. The van der Waals surface area contributed by atoms with Gasteiger partial charge in [0.25, 0.3) is 0 Å². The van der Waals surface area contributed by atoms with Crippen LogP contribution in [0.25, 0.3) is 16.9 Å². The maximum atomic E-state index is 9.34. The Morgan fingerprint density at radius 3 is 2.81 bits per heavy atom. The van der Waals surface area contributed by atoms with E-state index in [-0.39, 0.29) is 17.4 Å². The highest BCUT2D eigenvalue weighted by molar-refractivity contribution is 5.74. The Kier molecular flexibility index (Phi) is 4.06. The first-order valence-electron chi connectivity index (χ1n) is 8.20. The average Bonchev–Trinajstić information content (AvgIpc) is 3.08. The molecule has 0 bridgehead atoms. The van der Waals surface area contributed by atoms with Gasteiger partial charge >= 0.3 is 0 Å². The zero-order valence-corrected chi connectivity index (χ0v) is 14.4. The zero-order valence-electron chi connectivity index (χ0n) is 14.4. The van der Waals surface area contributed by atoms with E-state index in [1.807, 2.05) is 41.8 Å². The summed E-state index contributed by atoms with van der Waals surface area (Å²) in [4.78, 5) is 21.4. The van der Waals surface area contributed by atoms with Gasteiger partial charge in [-0.25, -0.2) is 19.9 Å². The number of fused-ring (bicyclic) bond motifs is 1. The third-order valence-electron chi connectivity index (χ3n) is 4.08. The molecule has 4 aromatic rings. The summed E-state index contributed by atoms with van der Waals surface area (Å²) in [6.07, 6.45) is 6.49. The van der Waals surface area contributed by atoms with E-state index in [0.717, 1.165) is 16.9 Å². The minimum atomic E-state index is -0.291. The first-order valence-corrected chi connectivity index (χ1v) is 8.20. The van der Waals surface area contributed by atoms with Crippen molar-refractivity contribution in [1.29, 1.82) is 5.26 Å². The van der Waals surface area contributed by atoms with Gasteiger partial charge < -0.3 is 11.1 Å². The van der Waals surface area contributed by atoms with Crippen LogP contribution in [0, 0.1) is 11.3 Å². The molecule has 4 rings (SSSR count). The van der Waals surface area contributed by atoms with Crippen LogP contribution in [0.2, 0.25) is 0 Å². The summed E-state index contributed by atoms with van der Waals surface area (Å²) < 4.78 is 1.93. The second kappa shape index (κ2) is 6.68. The minimum absolute atomic E-state index is 0.129. The van der Waals surface area contributed by atoms with Crippen molar-refractivity contribution in [1.82, 2.24) is 29.5 Å².